The molecule has 0 radical (unpaired) electrons. The molecule has 1 aliphatic rings. The summed E-state index contributed by atoms with van der Waals surface area (Å²) in [6.45, 7) is 6.07. The predicted octanol–water partition coefficient (Wildman–Crippen LogP) is 8.69. The van der Waals surface area contributed by atoms with E-state index in [4.69, 9.17) is 4.74 Å². The molecule has 0 amide bonds. The van der Waals surface area contributed by atoms with Crippen LogP contribution in [0.5, 0.6) is 0 Å². The minimum Gasteiger partial charge on any atom is -0.377 e. The second-order valence-electron chi connectivity index (χ2n) is 8.91. The molecular formula is C29H40O. The van der Waals surface area contributed by atoms with Crippen molar-refractivity contribution in [3.05, 3.63) is 71.8 Å². The Morgan fingerprint density at radius 2 is 1.47 bits per heavy atom. The summed E-state index contributed by atoms with van der Waals surface area (Å²) in [7, 11) is 0. The van der Waals surface area contributed by atoms with Gasteiger partial charge in [-0.1, -0.05) is 93.8 Å². The molecule has 0 unspecified atom stereocenters. The van der Waals surface area contributed by atoms with Crippen LogP contribution in [-0.4, -0.2) is 6.61 Å². The van der Waals surface area contributed by atoms with Gasteiger partial charge in [0.15, 0.2) is 0 Å². The van der Waals surface area contributed by atoms with Gasteiger partial charge in [-0.3, -0.25) is 0 Å². The van der Waals surface area contributed by atoms with E-state index >= 15 is 0 Å². The van der Waals surface area contributed by atoms with Gasteiger partial charge in [0.1, 0.15) is 0 Å². The SMILES string of the molecule is CCCC=CC1CCC(c2ccc(-c3ccc(COCCCCC)cc3)cc2)CC1. The molecule has 2 aromatic rings. The van der Waals surface area contributed by atoms with Crippen LogP contribution in [-0.2, 0) is 11.3 Å². The van der Waals surface area contributed by atoms with Crippen LogP contribution in [0.4, 0.5) is 0 Å². The largest absolute Gasteiger partial charge is 0.377 e. The van der Waals surface area contributed by atoms with Gasteiger partial charge in [0.05, 0.1) is 6.61 Å². The summed E-state index contributed by atoms with van der Waals surface area (Å²) < 4.78 is 5.78. The van der Waals surface area contributed by atoms with Crippen molar-refractivity contribution in [2.45, 2.75) is 84.2 Å². The third-order valence-corrected chi connectivity index (χ3v) is 6.47. The Kier molecular flexibility index (Phi) is 9.70. The van der Waals surface area contributed by atoms with Gasteiger partial charge in [-0.2, -0.15) is 0 Å². The van der Waals surface area contributed by atoms with Crippen molar-refractivity contribution in [2.24, 2.45) is 5.92 Å². The smallest absolute Gasteiger partial charge is 0.0716 e. The van der Waals surface area contributed by atoms with Crippen molar-refractivity contribution in [1.29, 1.82) is 0 Å². The molecule has 1 saturated carbocycles. The Balaban J connectivity index is 1.48. The van der Waals surface area contributed by atoms with Crippen molar-refractivity contribution >= 4 is 0 Å². The van der Waals surface area contributed by atoms with Gasteiger partial charge in [0.25, 0.3) is 0 Å². The lowest BCUT2D eigenvalue weighted by Gasteiger charge is -2.27. The normalized spacial score (nSPS) is 19.4. The molecule has 2 aromatic carbocycles. The first kappa shape index (κ1) is 22.8. The minimum atomic E-state index is 0.721. The molecule has 1 nitrogen and oxygen atoms in total. The zero-order chi connectivity index (χ0) is 21.0. The average Bonchev–Trinajstić information content (AvgIpc) is 2.80. The Morgan fingerprint density at radius 1 is 0.800 bits per heavy atom. The van der Waals surface area contributed by atoms with Gasteiger partial charge in [-0.25, -0.2) is 0 Å². The summed E-state index contributed by atoms with van der Waals surface area (Å²) in [5, 5.41) is 0. The van der Waals surface area contributed by atoms with Crippen molar-refractivity contribution in [1.82, 2.24) is 0 Å². The molecule has 1 fully saturated rings. The quantitative estimate of drug-likeness (QED) is 0.269. The number of hydrogen-bond acceptors (Lipinski definition) is 1. The Bertz CT molecular complexity index is 733. The second kappa shape index (κ2) is 12.7. The molecule has 0 spiro atoms. The van der Waals surface area contributed by atoms with Crippen LogP contribution in [0.15, 0.2) is 60.7 Å². The summed E-state index contributed by atoms with van der Waals surface area (Å²) in [5.74, 6) is 1.54. The molecule has 30 heavy (non-hydrogen) atoms. The summed E-state index contributed by atoms with van der Waals surface area (Å²) >= 11 is 0. The molecule has 0 N–H and O–H groups in total. The van der Waals surface area contributed by atoms with Crippen molar-refractivity contribution in [3.63, 3.8) is 0 Å². The van der Waals surface area contributed by atoms with Gasteiger partial charge in [-0.15, -0.1) is 0 Å². The van der Waals surface area contributed by atoms with E-state index in [0.717, 1.165) is 31.5 Å². The summed E-state index contributed by atoms with van der Waals surface area (Å²) in [6.07, 6.45) is 16.4. The number of allylic oxidation sites excluding steroid dienone is 2. The van der Waals surface area contributed by atoms with Crippen LogP contribution < -0.4 is 0 Å². The highest BCUT2D eigenvalue weighted by atomic mass is 16.5. The van der Waals surface area contributed by atoms with Gasteiger partial charge < -0.3 is 4.74 Å². The zero-order valence-corrected chi connectivity index (χ0v) is 19.1. The Morgan fingerprint density at radius 3 is 2.10 bits per heavy atom. The molecule has 0 aliphatic heterocycles. The minimum absolute atomic E-state index is 0.721. The van der Waals surface area contributed by atoms with Gasteiger partial charge >= 0.3 is 0 Å². The Labute approximate surface area is 184 Å². The number of rotatable bonds is 11. The van der Waals surface area contributed by atoms with Crippen molar-refractivity contribution < 1.29 is 4.74 Å². The highest BCUT2D eigenvalue weighted by Gasteiger charge is 2.20. The second-order valence-corrected chi connectivity index (χ2v) is 8.91. The van der Waals surface area contributed by atoms with Crippen LogP contribution in [0.3, 0.4) is 0 Å². The molecule has 0 heterocycles. The van der Waals surface area contributed by atoms with Crippen LogP contribution in [0, 0.1) is 5.92 Å². The van der Waals surface area contributed by atoms with E-state index in [9.17, 15) is 0 Å². The zero-order valence-electron chi connectivity index (χ0n) is 19.1. The van der Waals surface area contributed by atoms with Gasteiger partial charge in [0, 0.05) is 6.61 Å². The molecule has 3 rings (SSSR count). The summed E-state index contributed by atoms with van der Waals surface area (Å²) in [5.41, 5.74) is 5.38. The van der Waals surface area contributed by atoms with Crippen LogP contribution in [0.2, 0.25) is 0 Å². The standard InChI is InChI=1S/C29H40O/c1-3-5-7-9-24-10-14-26(15-11-24)28-18-20-29(21-19-28)27-16-12-25(13-17-27)23-30-22-8-6-4-2/h7,9,12-13,16-21,24,26H,3-6,8,10-11,14-15,22-23H2,1-2H3. The highest BCUT2D eigenvalue weighted by molar-refractivity contribution is 5.64. The topological polar surface area (TPSA) is 9.23 Å². The first-order chi connectivity index (χ1) is 14.8. The number of hydrogen-bond donors (Lipinski definition) is 0. The lowest BCUT2D eigenvalue weighted by Crippen LogP contribution is -2.11. The maximum Gasteiger partial charge on any atom is 0.0716 e. The summed E-state index contributed by atoms with van der Waals surface area (Å²) in [6, 6.07) is 18.2. The van der Waals surface area contributed by atoms with Crippen LogP contribution in [0.1, 0.15) is 88.7 Å². The molecule has 0 atom stereocenters. The van der Waals surface area contributed by atoms with E-state index in [1.165, 1.54) is 73.6 Å². The predicted molar refractivity (Wildman–Crippen MR) is 130 cm³/mol. The van der Waals surface area contributed by atoms with Crippen molar-refractivity contribution in [3.8, 4) is 11.1 Å². The lowest BCUT2D eigenvalue weighted by atomic mass is 9.78. The number of benzene rings is 2. The first-order valence-corrected chi connectivity index (χ1v) is 12.2. The highest BCUT2D eigenvalue weighted by Crippen LogP contribution is 2.37. The van der Waals surface area contributed by atoms with E-state index < -0.39 is 0 Å². The van der Waals surface area contributed by atoms with Crippen LogP contribution >= 0.6 is 0 Å². The van der Waals surface area contributed by atoms with Gasteiger partial charge in [0.2, 0.25) is 0 Å². The number of ether oxygens (including phenoxy) is 1. The molecular weight excluding hydrogens is 364 g/mol. The molecule has 1 heteroatoms. The fourth-order valence-electron chi connectivity index (χ4n) is 4.49. The van der Waals surface area contributed by atoms with E-state index in [0.29, 0.717) is 0 Å². The molecule has 0 bridgehead atoms. The molecule has 0 saturated heterocycles. The van der Waals surface area contributed by atoms with Crippen molar-refractivity contribution in [2.75, 3.05) is 6.61 Å². The van der Waals surface area contributed by atoms with E-state index in [1.807, 2.05) is 0 Å². The fourth-order valence-corrected chi connectivity index (χ4v) is 4.49. The Hall–Kier alpha value is -1.86. The third kappa shape index (κ3) is 7.13. The molecule has 162 valence electrons. The monoisotopic (exact) mass is 404 g/mol. The third-order valence-electron chi connectivity index (χ3n) is 6.47. The van der Waals surface area contributed by atoms with E-state index in [2.05, 4.69) is 74.5 Å². The first-order valence-electron chi connectivity index (χ1n) is 12.2. The van der Waals surface area contributed by atoms with E-state index in [-0.39, 0.29) is 0 Å². The number of unbranched alkanes of at least 4 members (excludes halogenated alkanes) is 3. The molecule has 1 aliphatic carbocycles. The summed E-state index contributed by atoms with van der Waals surface area (Å²) in [4.78, 5) is 0. The fraction of sp³-hybridized carbons (Fsp3) is 0.517. The molecule has 0 aromatic heterocycles. The van der Waals surface area contributed by atoms with Crippen LogP contribution in [0.25, 0.3) is 11.1 Å². The lowest BCUT2D eigenvalue weighted by molar-refractivity contribution is 0.117. The average molecular weight is 405 g/mol. The maximum absolute atomic E-state index is 5.78. The maximum atomic E-state index is 5.78. The van der Waals surface area contributed by atoms with E-state index in [1.54, 1.807) is 0 Å². The van der Waals surface area contributed by atoms with Gasteiger partial charge in [-0.05, 0) is 72.6 Å².